The maximum atomic E-state index is 5.75. The van der Waals surface area contributed by atoms with E-state index in [0.29, 0.717) is 5.69 Å². The zero-order valence-corrected chi connectivity index (χ0v) is 8.57. The van der Waals surface area contributed by atoms with Gasteiger partial charge >= 0.3 is 0 Å². The molecule has 2 rings (SSSR count). The van der Waals surface area contributed by atoms with Crippen LogP contribution >= 0.6 is 0 Å². The second-order valence-electron chi connectivity index (χ2n) is 2.66. The van der Waals surface area contributed by atoms with Crippen molar-refractivity contribution in [3.05, 3.63) is 42.7 Å². The third-order valence-corrected chi connectivity index (χ3v) is 1.75. The predicted molar refractivity (Wildman–Crippen MR) is 51.9 cm³/mol. The van der Waals surface area contributed by atoms with Gasteiger partial charge in [-0.1, -0.05) is 6.07 Å². The molecule has 0 aliphatic rings. The fraction of sp³-hybridized carbons (Fsp3) is 0. The molecule has 0 aliphatic heterocycles. The molecule has 14 heavy (non-hydrogen) atoms. The molecule has 2 aromatic rings. The van der Waals surface area contributed by atoms with E-state index < -0.39 is 0 Å². The molecule has 0 fully saturated rings. The monoisotopic (exact) mass is 226 g/mol. The van der Waals surface area contributed by atoms with E-state index in [1.54, 1.807) is 12.4 Å². The van der Waals surface area contributed by atoms with Gasteiger partial charge < -0.3 is 5.73 Å². The van der Waals surface area contributed by atoms with Gasteiger partial charge in [0, 0.05) is 29.5 Å². The van der Waals surface area contributed by atoms with Gasteiger partial charge in [-0.05, 0) is 24.3 Å². The minimum absolute atomic E-state index is 0. The largest absolute Gasteiger partial charge is 0.397 e. The SMILES string of the molecule is Nc1cccnc1-c1ccccn1.[Mn]. The van der Waals surface area contributed by atoms with Crippen LogP contribution in [-0.4, -0.2) is 9.97 Å². The Bertz CT molecular complexity index is 403. The first-order valence-corrected chi connectivity index (χ1v) is 4.00. The van der Waals surface area contributed by atoms with E-state index in [-0.39, 0.29) is 17.1 Å². The van der Waals surface area contributed by atoms with E-state index in [4.69, 9.17) is 5.73 Å². The molecule has 3 nitrogen and oxygen atoms in total. The Balaban J connectivity index is 0.000000980. The zero-order valence-electron chi connectivity index (χ0n) is 7.39. The number of hydrogen-bond donors (Lipinski definition) is 1. The van der Waals surface area contributed by atoms with Crippen LogP contribution in [0, 0.1) is 0 Å². The zero-order chi connectivity index (χ0) is 9.10. The molecule has 2 aromatic heterocycles. The number of rotatable bonds is 1. The van der Waals surface area contributed by atoms with Crippen molar-refractivity contribution >= 4 is 5.69 Å². The molecule has 0 atom stereocenters. The van der Waals surface area contributed by atoms with Gasteiger partial charge in [0.05, 0.1) is 11.4 Å². The van der Waals surface area contributed by atoms with Crippen molar-refractivity contribution in [1.29, 1.82) is 0 Å². The van der Waals surface area contributed by atoms with Gasteiger partial charge in [-0.15, -0.1) is 0 Å². The van der Waals surface area contributed by atoms with Crippen LogP contribution in [0.25, 0.3) is 11.4 Å². The minimum Gasteiger partial charge on any atom is -0.397 e. The van der Waals surface area contributed by atoms with Crippen LogP contribution in [0.1, 0.15) is 0 Å². The second-order valence-corrected chi connectivity index (χ2v) is 2.66. The summed E-state index contributed by atoms with van der Waals surface area (Å²) in [5, 5.41) is 0. The molecule has 0 bridgehead atoms. The summed E-state index contributed by atoms with van der Waals surface area (Å²) in [6, 6.07) is 9.29. The summed E-state index contributed by atoms with van der Waals surface area (Å²) < 4.78 is 0. The molecule has 0 saturated carbocycles. The molecule has 0 spiro atoms. The Morgan fingerprint density at radius 3 is 2.36 bits per heavy atom. The van der Waals surface area contributed by atoms with Crippen molar-refractivity contribution in [3.63, 3.8) is 0 Å². The van der Waals surface area contributed by atoms with E-state index in [2.05, 4.69) is 9.97 Å². The van der Waals surface area contributed by atoms with Crippen molar-refractivity contribution in [2.45, 2.75) is 0 Å². The summed E-state index contributed by atoms with van der Waals surface area (Å²) in [6.45, 7) is 0. The predicted octanol–water partition coefficient (Wildman–Crippen LogP) is 1.72. The fourth-order valence-corrected chi connectivity index (χ4v) is 1.13. The summed E-state index contributed by atoms with van der Waals surface area (Å²) in [5.74, 6) is 0. The third-order valence-electron chi connectivity index (χ3n) is 1.75. The normalized spacial score (nSPS) is 9.14. The number of hydrogen-bond acceptors (Lipinski definition) is 3. The van der Waals surface area contributed by atoms with E-state index in [9.17, 15) is 0 Å². The van der Waals surface area contributed by atoms with Crippen molar-refractivity contribution in [2.75, 3.05) is 5.73 Å². The van der Waals surface area contributed by atoms with Crippen molar-refractivity contribution in [3.8, 4) is 11.4 Å². The molecule has 0 amide bonds. The molecular formula is C10H9MnN3. The van der Waals surface area contributed by atoms with E-state index in [1.807, 2.05) is 30.3 Å². The summed E-state index contributed by atoms with van der Waals surface area (Å²) in [6.07, 6.45) is 3.43. The van der Waals surface area contributed by atoms with E-state index in [0.717, 1.165) is 11.4 Å². The smallest absolute Gasteiger partial charge is 0.111 e. The number of aromatic nitrogens is 2. The second kappa shape index (κ2) is 4.74. The Morgan fingerprint density at radius 2 is 1.71 bits per heavy atom. The third kappa shape index (κ3) is 2.10. The van der Waals surface area contributed by atoms with Crippen LogP contribution in [0.3, 0.4) is 0 Å². The van der Waals surface area contributed by atoms with Gasteiger partial charge in [-0.25, -0.2) is 0 Å². The standard InChI is InChI=1S/C10H9N3.Mn/c11-8-4-3-7-13-10(8)9-5-1-2-6-12-9;/h1-7H,11H2;. The van der Waals surface area contributed by atoms with Gasteiger partial charge in [-0.3, -0.25) is 9.97 Å². The Labute approximate surface area is 92.9 Å². The molecule has 0 unspecified atom stereocenters. The average Bonchev–Trinajstić information content (AvgIpc) is 2.20. The topological polar surface area (TPSA) is 51.8 Å². The first-order valence-electron chi connectivity index (χ1n) is 4.00. The number of nitrogens with two attached hydrogens (primary N) is 1. The Hall–Kier alpha value is -1.38. The molecule has 2 heterocycles. The van der Waals surface area contributed by atoms with Crippen LogP contribution in [0.15, 0.2) is 42.7 Å². The quantitative estimate of drug-likeness (QED) is 0.753. The van der Waals surface area contributed by atoms with Crippen molar-refractivity contribution < 1.29 is 17.1 Å². The maximum Gasteiger partial charge on any atom is 0.111 e. The van der Waals surface area contributed by atoms with Gasteiger partial charge in [0.2, 0.25) is 0 Å². The first-order chi connectivity index (χ1) is 6.38. The number of nitrogens with zero attached hydrogens (tertiary/aromatic N) is 2. The molecule has 1 radical (unpaired) electrons. The fourth-order valence-electron chi connectivity index (χ4n) is 1.13. The van der Waals surface area contributed by atoms with E-state index in [1.165, 1.54) is 0 Å². The average molecular weight is 226 g/mol. The molecule has 0 saturated heterocycles. The van der Waals surface area contributed by atoms with Crippen LogP contribution in [0.2, 0.25) is 0 Å². The molecule has 0 aromatic carbocycles. The van der Waals surface area contributed by atoms with Gasteiger partial charge in [0.15, 0.2) is 0 Å². The van der Waals surface area contributed by atoms with Crippen LogP contribution in [0.5, 0.6) is 0 Å². The Morgan fingerprint density at radius 1 is 0.929 bits per heavy atom. The first kappa shape index (κ1) is 10.7. The molecule has 4 heteroatoms. The van der Waals surface area contributed by atoms with Crippen LogP contribution in [0.4, 0.5) is 5.69 Å². The van der Waals surface area contributed by atoms with Crippen LogP contribution in [-0.2, 0) is 17.1 Å². The minimum atomic E-state index is 0. The maximum absolute atomic E-state index is 5.75. The summed E-state index contributed by atoms with van der Waals surface area (Å²) in [4.78, 5) is 8.33. The van der Waals surface area contributed by atoms with Gasteiger partial charge in [-0.2, -0.15) is 0 Å². The summed E-state index contributed by atoms with van der Waals surface area (Å²) >= 11 is 0. The molecule has 71 valence electrons. The molecule has 2 N–H and O–H groups in total. The van der Waals surface area contributed by atoms with Gasteiger partial charge in [0.25, 0.3) is 0 Å². The van der Waals surface area contributed by atoms with Crippen molar-refractivity contribution in [2.24, 2.45) is 0 Å². The number of anilines is 1. The van der Waals surface area contributed by atoms with E-state index >= 15 is 0 Å². The van der Waals surface area contributed by atoms with Gasteiger partial charge in [0.1, 0.15) is 5.69 Å². The van der Waals surface area contributed by atoms with Crippen molar-refractivity contribution in [1.82, 2.24) is 9.97 Å². The van der Waals surface area contributed by atoms with Crippen LogP contribution < -0.4 is 5.73 Å². The number of nitrogen functional groups attached to an aromatic ring is 1. The number of pyridine rings is 2. The molecular weight excluding hydrogens is 217 g/mol. The Kier molecular flexibility index (Phi) is 3.63. The molecule has 0 aliphatic carbocycles. The summed E-state index contributed by atoms with van der Waals surface area (Å²) in [5.41, 5.74) is 7.95. The summed E-state index contributed by atoms with van der Waals surface area (Å²) in [7, 11) is 0.